The van der Waals surface area contributed by atoms with Gasteiger partial charge in [0.1, 0.15) is 5.75 Å². The summed E-state index contributed by atoms with van der Waals surface area (Å²) < 4.78 is 32.9. The summed E-state index contributed by atoms with van der Waals surface area (Å²) >= 11 is 0. The molecule has 0 spiro atoms. The molecule has 7 heteroatoms. The van der Waals surface area contributed by atoms with Crippen molar-refractivity contribution >= 4 is 27.3 Å². The van der Waals surface area contributed by atoms with Crippen LogP contribution in [0.1, 0.15) is 15.9 Å². The molecule has 6 nitrogen and oxygen atoms in total. The van der Waals surface area contributed by atoms with Crippen LogP contribution in [0.4, 0.5) is 11.4 Å². The zero-order valence-electron chi connectivity index (χ0n) is 15.8. The smallest absolute Gasteiger partial charge is 0.261 e. The Morgan fingerprint density at radius 2 is 1.72 bits per heavy atom. The monoisotopic (exact) mass is 408 g/mol. The van der Waals surface area contributed by atoms with E-state index in [1.165, 1.54) is 12.1 Å². The molecule has 29 heavy (non-hydrogen) atoms. The molecule has 0 unspecified atom stereocenters. The van der Waals surface area contributed by atoms with Crippen LogP contribution in [0.3, 0.4) is 0 Å². The van der Waals surface area contributed by atoms with E-state index in [-0.39, 0.29) is 10.8 Å². The molecular weight excluding hydrogens is 388 g/mol. The number of benzene rings is 3. The number of fused-ring (bicyclic) bond motifs is 1. The van der Waals surface area contributed by atoms with Crippen molar-refractivity contribution in [2.24, 2.45) is 0 Å². The number of hydrogen-bond donors (Lipinski definition) is 1. The molecule has 0 atom stereocenters. The van der Waals surface area contributed by atoms with Gasteiger partial charge in [0.2, 0.25) is 0 Å². The van der Waals surface area contributed by atoms with Crippen LogP contribution in [0.15, 0.2) is 77.7 Å². The topological polar surface area (TPSA) is 75.7 Å². The Morgan fingerprint density at radius 1 is 1.00 bits per heavy atom. The van der Waals surface area contributed by atoms with Crippen molar-refractivity contribution in [3.05, 3.63) is 83.9 Å². The lowest BCUT2D eigenvalue weighted by Gasteiger charge is -2.18. The lowest BCUT2D eigenvalue weighted by atomic mass is 10.1. The second-order valence-corrected chi connectivity index (χ2v) is 8.38. The Bertz CT molecular complexity index is 1140. The van der Waals surface area contributed by atoms with Gasteiger partial charge < -0.3 is 9.64 Å². The standard InChI is InChI=1S/C22H20N2O4S/c1-28-19-11-8-17(9-12-19)22(25)24-14-13-16-7-10-18(15-21(16)24)23-29(26,27)20-5-3-2-4-6-20/h2-12,15,23H,13-14H2,1H3. The summed E-state index contributed by atoms with van der Waals surface area (Å²) in [4.78, 5) is 14.8. The van der Waals surface area contributed by atoms with Crippen LogP contribution in [0, 0.1) is 0 Å². The number of ether oxygens (including phenoxy) is 1. The number of nitrogens with zero attached hydrogens (tertiary/aromatic N) is 1. The van der Waals surface area contributed by atoms with E-state index in [1.54, 1.807) is 66.6 Å². The molecule has 0 saturated carbocycles. The Morgan fingerprint density at radius 3 is 2.41 bits per heavy atom. The number of carbonyl (C=O) groups excluding carboxylic acids is 1. The molecule has 1 aliphatic rings. The number of sulfonamides is 1. The first-order chi connectivity index (χ1) is 14.0. The maximum atomic E-state index is 13.0. The molecule has 0 saturated heterocycles. The predicted octanol–water partition coefficient (Wildman–Crippen LogP) is 3.70. The fraction of sp³-hybridized carbons (Fsp3) is 0.136. The molecule has 4 rings (SSSR count). The number of methoxy groups -OCH3 is 1. The zero-order valence-corrected chi connectivity index (χ0v) is 16.6. The summed E-state index contributed by atoms with van der Waals surface area (Å²) in [6, 6.07) is 20.4. The number of rotatable bonds is 5. The number of amides is 1. The summed E-state index contributed by atoms with van der Waals surface area (Å²) in [6.07, 6.45) is 0.725. The van der Waals surface area contributed by atoms with Crippen molar-refractivity contribution in [3.63, 3.8) is 0 Å². The van der Waals surface area contributed by atoms with E-state index in [2.05, 4.69) is 4.72 Å². The Labute approximate surface area is 169 Å². The third-order valence-electron chi connectivity index (χ3n) is 4.87. The Balaban J connectivity index is 1.60. The van der Waals surface area contributed by atoms with E-state index in [9.17, 15) is 13.2 Å². The molecule has 148 valence electrons. The van der Waals surface area contributed by atoms with E-state index in [0.717, 1.165) is 17.7 Å². The minimum atomic E-state index is -3.70. The maximum Gasteiger partial charge on any atom is 0.261 e. The van der Waals surface area contributed by atoms with Crippen molar-refractivity contribution < 1.29 is 17.9 Å². The van der Waals surface area contributed by atoms with Crippen LogP contribution >= 0.6 is 0 Å². The zero-order chi connectivity index (χ0) is 20.4. The highest BCUT2D eigenvalue weighted by Crippen LogP contribution is 2.33. The fourth-order valence-corrected chi connectivity index (χ4v) is 4.43. The van der Waals surface area contributed by atoms with Gasteiger partial charge >= 0.3 is 0 Å². The van der Waals surface area contributed by atoms with E-state index < -0.39 is 10.0 Å². The van der Waals surface area contributed by atoms with Gasteiger partial charge in [0.25, 0.3) is 15.9 Å². The maximum absolute atomic E-state index is 13.0. The molecule has 1 N–H and O–H groups in total. The number of hydrogen-bond acceptors (Lipinski definition) is 4. The Kier molecular flexibility index (Phi) is 4.98. The van der Waals surface area contributed by atoms with Gasteiger partial charge in [0.15, 0.2) is 0 Å². The molecule has 3 aromatic rings. The second-order valence-electron chi connectivity index (χ2n) is 6.70. The molecule has 0 bridgehead atoms. The van der Waals surface area contributed by atoms with Crippen molar-refractivity contribution in [2.75, 3.05) is 23.3 Å². The summed E-state index contributed by atoms with van der Waals surface area (Å²) in [5.41, 5.74) is 2.70. The largest absolute Gasteiger partial charge is 0.497 e. The van der Waals surface area contributed by atoms with Gasteiger partial charge in [0, 0.05) is 17.8 Å². The lowest BCUT2D eigenvalue weighted by Crippen LogP contribution is -2.28. The Hall–Kier alpha value is -3.32. The molecular formula is C22H20N2O4S. The van der Waals surface area contributed by atoms with Gasteiger partial charge in [0.05, 0.1) is 17.7 Å². The molecule has 1 amide bonds. The average molecular weight is 408 g/mol. The number of carbonyl (C=O) groups is 1. The van der Waals surface area contributed by atoms with Gasteiger partial charge in [-0.15, -0.1) is 0 Å². The number of nitrogens with one attached hydrogen (secondary N) is 1. The second kappa shape index (κ2) is 7.60. The third-order valence-corrected chi connectivity index (χ3v) is 6.27. The minimum absolute atomic E-state index is 0.130. The first kappa shape index (κ1) is 19.0. The van der Waals surface area contributed by atoms with E-state index in [4.69, 9.17) is 4.74 Å². The summed E-state index contributed by atoms with van der Waals surface area (Å²) in [5, 5.41) is 0. The van der Waals surface area contributed by atoms with Gasteiger partial charge in [-0.05, 0) is 60.5 Å². The lowest BCUT2D eigenvalue weighted by molar-refractivity contribution is 0.0989. The molecule has 3 aromatic carbocycles. The molecule has 0 aliphatic carbocycles. The molecule has 0 fully saturated rings. The first-order valence-electron chi connectivity index (χ1n) is 9.15. The minimum Gasteiger partial charge on any atom is -0.497 e. The van der Waals surface area contributed by atoms with Gasteiger partial charge in [-0.3, -0.25) is 9.52 Å². The van der Waals surface area contributed by atoms with Crippen LogP contribution in [-0.4, -0.2) is 28.0 Å². The van der Waals surface area contributed by atoms with Crippen LogP contribution < -0.4 is 14.4 Å². The highest BCUT2D eigenvalue weighted by atomic mass is 32.2. The van der Waals surface area contributed by atoms with Crippen molar-refractivity contribution in [2.45, 2.75) is 11.3 Å². The highest BCUT2D eigenvalue weighted by Gasteiger charge is 2.26. The van der Waals surface area contributed by atoms with Crippen LogP contribution in [0.2, 0.25) is 0 Å². The van der Waals surface area contributed by atoms with Gasteiger partial charge in [-0.1, -0.05) is 24.3 Å². The molecule has 1 heterocycles. The highest BCUT2D eigenvalue weighted by molar-refractivity contribution is 7.92. The van der Waals surface area contributed by atoms with Crippen molar-refractivity contribution in [1.29, 1.82) is 0 Å². The fourth-order valence-electron chi connectivity index (χ4n) is 3.36. The average Bonchev–Trinajstić information content (AvgIpc) is 3.17. The summed E-state index contributed by atoms with van der Waals surface area (Å²) in [7, 11) is -2.12. The van der Waals surface area contributed by atoms with Gasteiger partial charge in [-0.25, -0.2) is 8.42 Å². The van der Waals surface area contributed by atoms with Crippen LogP contribution in [0.5, 0.6) is 5.75 Å². The third kappa shape index (κ3) is 3.82. The molecule has 1 aliphatic heterocycles. The van der Waals surface area contributed by atoms with E-state index >= 15 is 0 Å². The normalized spacial score (nSPS) is 13.1. The predicted molar refractivity (Wildman–Crippen MR) is 112 cm³/mol. The van der Waals surface area contributed by atoms with E-state index in [1.807, 2.05) is 6.07 Å². The van der Waals surface area contributed by atoms with Crippen LogP contribution in [-0.2, 0) is 16.4 Å². The van der Waals surface area contributed by atoms with Gasteiger partial charge in [-0.2, -0.15) is 0 Å². The van der Waals surface area contributed by atoms with Crippen molar-refractivity contribution in [1.82, 2.24) is 0 Å². The summed E-state index contributed by atoms with van der Waals surface area (Å²) in [6.45, 7) is 0.551. The molecule has 0 aromatic heterocycles. The molecule has 0 radical (unpaired) electrons. The summed E-state index contributed by atoms with van der Waals surface area (Å²) in [5.74, 6) is 0.551. The quantitative estimate of drug-likeness (QED) is 0.699. The van der Waals surface area contributed by atoms with Crippen molar-refractivity contribution in [3.8, 4) is 5.75 Å². The number of anilines is 2. The van der Waals surface area contributed by atoms with Crippen LogP contribution in [0.25, 0.3) is 0 Å². The van der Waals surface area contributed by atoms with E-state index in [0.29, 0.717) is 23.5 Å². The SMILES string of the molecule is COc1ccc(C(=O)N2CCc3ccc(NS(=O)(=O)c4ccccc4)cc32)cc1. The first-order valence-corrected chi connectivity index (χ1v) is 10.6.